The lowest BCUT2D eigenvalue weighted by Gasteiger charge is -2.14. The van der Waals surface area contributed by atoms with E-state index >= 15 is 0 Å². The molecule has 2 aromatic carbocycles. The number of hydrogen-bond donors (Lipinski definition) is 1. The van der Waals surface area contributed by atoms with Crippen LogP contribution >= 0.6 is 11.8 Å². The van der Waals surface area contributed by atoms with Gasteiger partial charge in [-0.1, -0.05) is 50.2 Å². The Morgan fingerprint density at radius 1 is 0.960 bits per heavy atom. The Bertz CT molecular complexity index is 678. The van der Waals surface area contributed by atoms with E-state index in [1.165, 1.54) is 11.1 Å². The maximum absolute atomic E-state index is 12.4. The number of ether oxygens (including phenoxy) is 1. The van der Waals surface area contributed by atoms with Crippen LogP contribution in [0.3, 0.4) is 0 Å². The molecule has 0 unspecified atom stereocenters. The van der Waals surface area contributed by atoms with Crippen LogP contribution in [0.1, 0.15) is 37.5 Å². The number of benzene rings is 2. The van der Waals surface area contributed by atoms with Crippen molar-refractivity contribution >= 4 is 23.4 Å². The minimum atomic E-state index is 0.0505. The van der Waals surface area contributed by atoms with Crippen molar-refractivity contribution in [2.24, 2.45) is 0 Å². The molecule has 2 rings (SSSR count). The highest BCUT2D eigenvalue weighted by Gasteiger charge is 2.11. The Balaban J connectivity index is 1.94. The lowest BCUT2D eigenvalue weighted by atomic mass is 10.0. The minimum Gasteiger partial charge on any atom is -0.494 e. The van der Waals surface area contributed by atoms with Crippen molar-refractivity contribution in [2.75, 3.05) is 17.7 Å². The van der Waals surface area contributed by atoms with Crippen molar-refractivity contribution in [1.82, 2.24) is 0 Å². The van der Waals surface area contributed by atoms with E-state index in [4.69, 9.17) is 4.74 Å². The van der Waals surface area contributed by atoms with Gasteiger partial charge in [-0.2, -0.15) is 0 Å². The van der Waals surface area contributed by atoms with Gasteiger partial charge < -0.3 is 10.1 Å². The zero-order valence-corrected chi connectivity index (χ0v) is 16.1. The van der Waals surface area contributed by atoms with E-state index in [9.17, 15) is 4.79 Å². The van der Waals surface area contributed by atoms with Gasteiger partial charge in [0.05, 0.1) is 12.4 Å². The van der Waals surface area contributed by atoms with Gasteiger partial charge in [-0.3, -0.25) is 4.79 Å². The molecular weight excluding hydrogens is 330 g/mol. The molecule has 134 valence electrons. The normalized spacial score (nSPS) is 10.5. The topological polar surface area (TPSA) is 38.3 Å². The number of rotatable bonds is 9. The molecule has 1 N–H and O–H groups in total. The second kappa shape index (κ2) is 10.1. The van der Waals surface area contributed by atoms with Crippen molar-refractivity contribution in [3.63, 3.8) is 0 Å². The summed E-state index contributed by atoms with van der Waals surface area (Å²) in [6, 6.07) is 14.2. The summed E-state index contributed by atoms with van der Waals surface area (Å²) in [7, 11) is 0. The van der Waals surface area contributed by atoms with Crippen molar-refractivity contribution in [3.8, 4) is 5.75 Å². The van der Waals surface area contributed by atoms with Gasteiger partial charge in [-0.25, -0.2) is 0 Å². The summed E-state index contributed by atoms with van der Waals surface area (Å²) < 4.78 is 5.64. The first-order valence-corrected chi connectivity index (χ1v) is 10.0. The summed E-state index contributed by atoms with van der Waals surface area (Å²) >= 11 is 1.61. The molecule has 2 aromatic rings. The molecule has 0 bridgehead atoms. The van der Waals surface area contributed by atoms with Gasteiger partial charge in [0.1, 0.15) is 5.75 Å². The van der Waals surface area contributed by atoms with E-state index in [1.54, 1.807) is 11.8 Å². The summed E-state index contributed by atoms with van der Waals surface area (Å²) in [5, 5.41) is 3.12. The number of nitrogens with one attached hydrogen (secondary N) is 1. The van der Waals surface area contributed by atoms with E-state index in [0.29, 0.717) is 12.4 Å². The van der Waals surface area contributed by atoms with Crippen LogP contribution in [0.2, 0.25) is 0 Å². The maximum atomic E-state index is 12.4. The van der Waals surface area contributed by atoms with Crippen LogP contribution in [0.15, 0.2) is 42.5 Å². The van der Waals surface area contributed by atoms with Gasteiger partial charge in [0.15, 0.2) is 0 Å². The molecule has 25 heavy (non-hydrogen) atoms. The third-order valence-electron chi connectivity index (χ3n) is 4.03. The van der Waals surface area contributed by atoms with Crippen molar-refractivity contribution in [3.05, 3.63) is 59.2 Å². The Hall–Kier alpha value is -1.94. The Kier molecular flexibility index (Phi) is 7.86. The molecule has 0 radical (unpaired) electrons. The fourth-order valence-corrected chi connectivity index (χ4v) is 3.57. The number of aryl methyl sites for hydroxylation is 2. The highest BCUT2D eigenvalue weighted by Crippen LogP contribution is 2.25. The third kappa shape index (κ3) is 5.53. The highest BCUT2D eigenvalue weighted by molar-refractivity contribution is 7.99. The Labute approximate surface area is 155 Å². The molecule has 0 fully saturated rings. The summed E-state index contributed by atoms with van der Waals surface area (Å²) in [5.41, 5.74) is 4.51. The van der Waals surface area contributed by atoms with E-state index in [2.05, 4.69) is 43.4 Å². The molecule has 1 amide bonds. The first-order valence-electron chi connectivity index (χ1n) is 8.88. The van der Waals surface area contributed by atoms with Gasteiger partial charge >= 0.3 is 0 Å². The van der Waals surface area contributed by atoms with Crippen LogP contribution in [0.4, 0.5) is 5.69 Å². The zero-order valence-electron chi connectivity index (χ0n) is 15.3. The average molecular weight is 358 g/mol. The minimum absolute atomic E-state index is 0.0505. The van der Waals surface area contributed by atoms with Crippen LogP contribution in [-0.2, 0) is 23.4 Å². The second-order valence-electron chi connectivity index (χ2n) is 5.74. The number of amides is 1. The molecule has 3 nitrogen and oxygen atoms in total. The molecule has 0 heterocycles. The number of carbonyl (C=O) groups is 1. The molecule has 0 aliphatic heterocycles. The molecule has 0 aliphatic rings. The summed E-state index contributed by atoms with van der Waals surface area (Å²) in [5.74, 6) is 2.15. The molecule has 0 aromatic heterocycles. The summed E-state index contributed by atoms with van der Waals surface area (Å²) in [6.07, 6.45) is 1.83. The molecule has 0 atom stereocenters. The fourth-order valence-electron chi connectivity index (χ4n) is 2.75. The van der Waals surface area contributed by atoms with Crippen molar-refractivity contribution < 1.29 is 9.53 Å². The fraction of sp³-hybridized carbons (Fsp3) is 0.381. The van der Waals surface area contributed by atoms with E-state index in [-0.39, 0.29) is 5.91 Å². The first kappa shape index (κ1) is 19.4. The maximum Gasteiger partial charge on any atom is 0.234 e. The predicted octanol–water partition coefficient (Wildman–Crippen LogP) is 5.08. The number of thioether (sulfide) groups is 1. The number of anilines is 1. The quantitative estimate of drug-likeness (QED) is 0.680. The highest BCUT2D eigenvalue weighted by atomic mass is 32.2. The second-order valence-corrected chi connectivity index (χ2v) is 6.73. The Morgan fingerprint density at radius 2 is 1.60 bits per heavy atom. The largest absolute Gasteiger partial charge is 0.494 e. The molecule has 0 saturated heterocycles. The molecule has 4 heteroatoms. The average Bonchev–Trinajstić information content (AvgIpc) is 2.63. The van der Waals surface area contributed by atoms with Crippen LogP contribution in [-0.4, -0.2) is 18.3 Å². The van der Waals surface area contributed by atoms with Crippen LogP contribution in [0.5, 0.6) is 5.75 Å². The molecular formula is C21H27NO2S. The third-order valence-corrected chi connectivity index (χ3v) is 5.01. The van der Waals surface area contributed by atoms with Gasteiger partial charge in [0, 0.05) is 17.0 Å². The van der Waals surface area contributed by atoms with Crippen LogP contribution in [0.25, 0.3) is 0 Å². The lowest BCUT2D eigenvalue weighted by molar-refractivity contribution is -0.113. The van der Waals surface area contributed by atoms with E-state index in [1.807, 2.05) is 25.1 Å². The SMILES string of the molecule is CCOc1ccccc1CSCC(=O)Nc1c(CC)cccc1CC. The Morgan fingerprint density at radius 3 is 2.24 bits per heavy atom. The van der Waals surface area contributed by atoms with Gasteiger partial charge in [-0.05, 0) is 37.0 Å². The number of carbonyl (C=O) groups excluding carboxylic acids is 1. The van der Waals surface area contributed by atoms with Crippen molar-refractivity contribution in [1.29, 1.82) is 0 Å². The van der Waals surface area contributed by atoms with Crippen LogP contribution < -0.4 is 10.1 Å². The summed E-state index contributed by atoms with van der Waals surface area (Å²) in [6.45, 7) is 6.86. The predicted molar refractivity (Wildman–Crippen MR) is 108 cm³/mol. The van der Waals surface area contributed by atoms with E-state index in [0.717, 1.165) is 35.6 Å². The van der Waals surface area contributed by atoms with Crippen molar-refractivity contribution in [2.45, 2.75) is 39.4 Å². The van der Waals surface area contributed by atoms with Gasteiger partial charge in [-0.15, -0.1) is 11.8 Å². The number of para-hydroxylation sites is 2. The van der Waals surface area contributed by atoms with Crippen LogP contribution in [0, 0.1) is 0 Å². The first-order chi connectivity index (χ1) is 12.2. The monoisotopic (exact) mass is 357 g/mol. The van der Waals surface area contributed by atoms with Gasteiger partial charge in [0.2, 0.25) is 5.91 Å². The van der Waals surface area contributed by atoms with Gasteiger partial charge in [0.25, 0.3) is 0 Å². The smallest absolute Gasteiger partial charge is 0.234 e. The summed E-state index contributed by atoms with van der Waals surface area (Å²) in [4.78, 5) is 12.4. The number of hydrogen-bond acceptors (Lipinski definition) is 3. The molecule has 0 aliphatic carbocycles. The zero-order chi connectivity index (χ0) is 18.1. The van der Waals surface area contributed by atoms with E-state index < -0.39 is 0 Å². The molecule has 0 saturated carbocycles. The molecule has 0 spiro atoms. The standard InChI is InChI=1S/C21H27NO2S/c1-4-16-11-9-12-17(5-2)21(16)22-20(23)15-25-14-18-10-7-8-13-19(18)24-6-3/h7-13H,4-6,14-15H2,1-3H3,(H,22,23). The lowest BCUT2D eigenvalue weighted by Crippen LogP contribution is -2.17.